The number of carbonyl (C=O) groups excluding carboxylic acids is 2. The van der Waals surface area contributed by atoms with Gasteiger partial charge in [-0.05, 0) is 43.7 Å². The molecule has 2 N–H and O–H groups in total. The van der Waals surface area contributed by atoms with Crippen LogP contribution in [-0.4, -0.2) is 27.9 Å². The van der Waals surface area contributed by atoms with E-state index in [2.05, 4.69) is 15.3 Å². The van der Waals surface area contributed by atoms with Crippen molar-refractivity contribution in [2.45, 2.75) is 32.8 Å². The van der Waals surface area contributed by atoms with E-state index in [1.54, 1.807) is 49.4 Å². The number of para-hydroxylation sites is 1. The second kappa shape index (κ2) is 8.87. The van der Waals surface area contributed by atoms with Gasteiger partial charge in [0, 0.05) is 17.1 Å². The minimum Gasteiger partial charge on any atom is -0.453 e. The zero-order chi connectivity index (χ0) is 21.0. The lowest BCUT2D eigenvalue weighted by atomic mass is 10.2. The fraction of sp³-hybridized carbons (Fsp3) is 0.238. The molecule has 0 radical (unpaired) electrons. The predicted octanol–water partition coefficient (Wildman–Crippen LogP) is 3.39. The van der Waals surface area contributed by atoms with Crippen LogP contribution < -0.4 is 10.9 Å². The summed E-state index contributed by atoms with van der Waals surface area (Å²) in [7, 11) is 0. The molecule has 0 aliphatic carbocycles. The van der Waals surface area contributed by atoms with E-state index in [-0.39, 0.29) is 18.4 Å². The summed E-state index contributed by atoms with van der Waals surface area (Å²) >= 11 is 6.04. The van der Waals surface area contributed by atoms with Gasteiger partial charge in [-0.25, -0.2) is 4.98 Å². The van der Waals surface area contributed by atoms with Gasteiger partial charge in [-0.3, -0.25) is 14.4 Å². The van der Waals surface area contributed by atoms with Crippen LogP contribution in [0.15, 0.2) is 47.3 Å². The topological polar surface area (TPSA) is 101 Å². The van der Waals surface area contributed by atoms with Gasteiger partial charge in [-0.2, -0.15) is 0 Å². The van der Waals surface area contributed by atoms with Crippen LogP contribution in [0.4, 0.5) is 5.69 Å². The van der Waals surface area contributed by atoms with E-state index in [4.69, 9.17) is 16.3 Å². The van der Waals surface area contributed by atoms with Gasteiger partial charge in [-0.15, -0.1) is 0 Å². The number of amides is 1. The predicted molar refractivity (Wildman–Crippen MR) is 111 cm³/mol. The summed E-state index contributed by atoms with van der Waals surface area (Å²) in [5, 5.41) is 3.72. The number of ether oxygens (including phenoxy) is 1. The third kappa shape index (κ3) is 5.00. The quantitative estimate of drug-likeness (QED) is 0.603. The Bertz CT molecular complexity index is 1130. The van der Waals surface area contributed by atoms with Crippen molar-refractivity contribution in [1.82, 2.24) is 9.97 Å². The number of aromatic nitrogens is 2. The van der Waals surface area contributed by atoms with Gasteiger partial charge < -0.3 is 15.0 Å². The number of nitrogens with one attached hydrogen (secondary N) is 2. The normalized spacial score (nSPS) is 11.8. The van der Waals surface area contributed by atoms with Gasteiger partial charge in [0.1, 0.15) is 5.82 Å². The van der Waals surface area contributed by atoms with Crippen LogP contribution in [0.2, 0.25) is 5.02 Å². The van der Waals surface area contributed by atoms with E-state index in [0.29, 0.717) is 27.4 Å². The van der Waals surface area contributed by atoms with Crippen molar-refractivity contribution in [2.75, 3.05) is 5.32 Å². The van der Waals surface area contributed by atoms with E-state index in [1.807, 2.05) is 0 Å². The van der Waals surface area contributed by atoms with E-state index < -0.39 is 18.0 Å². The highest BCUT2D eigenvalue weighted by Crippen LogP contribution is 2.23. The standard InChI is InChI=1S/C21H20ClN3O4/c1-12-15(22)7-5-9-16(12)24-20(27)13(2)29-19(26)11-10-18-23-17-8-4-3-6-14(17)21(28)25-18/h3-9,13H,10-11H2,1-2H3,(H,24,27)(H,23,25,28)/t13-/m0/s1. The van der Waals surface area contributed by atoms with Crippen LogP contribution >= 0.6 is 11.6 Å². The number of H-pyrrole nitrogens is 1. The Morgan fingerprint density at radius 3 is 2.76 bits per heavy atom. The minimum absolute atomic E-state index is 0.0188. The molecule has 7 nitrogen and oxygen atoms in total. The van der Waals surface area contributed by atoms with Crippen LogP contribution in [0.3, 0.4) is 0 Å². The van der Waals surface area contributed by atoms with Crippen molar-refractivity contribution in [3.63, 3.8) is 0 Å². The fourth-order valence-corrected chi connectivity index (χ4v) is 2.94. The van der Waals surface area contributed by atoms with Crippen LogP contribution in [-0.2, 0) is 20.7 Å². The van der Waals surface area contributed by atoms with Crippen LogP contribution in [0.5, 0.6) is 0 Å². The molecule has 1 amide bonds. The summed E-state index contributed by atoms with van der Waals surface area (Å²) in [4.78, 5) is 43.5. The number of anilines is 1. The number of benzene rings is 2. The van der Waals surface area contributed by atoms with Crippen molar-refractivity contribution in [2.24, 2.45) is 0 Å². The maximum atomic E-state index is 12.3. The Morgan fingerprint density at radius 1 is 1.21 bits per heavy atom. The Kier molecular flexibility index (Phi) is 6.29. The zero-order valence-corrected chi connectivity index (χ0v) is 16.7. The number of hydrogen-bond acceptors (Lipinski definition) is 5. The van der Waals surface area contributed by atoms with E-state index in [9.17, 15) is 14.4 Å². The van der Waals surface area contributed by atoms with E-state index in [1.165, 1.54) is 6.92 Å². The summed E-state index contributed by atoms with van der Waals surface area (Å²) in [5.74, 6) is -0.635. The monoisotopic (exact) mass is 413 g/mol. The summed E-state index contributed by atoms with van der Waals surface area (Å²) in [6.45, 7) is 3.27. The van der Waals surface area contributed by atoms with E-state index >= 15 is 0 Å². The van der Waals surface area contributed by atoms with E-state index in [0.717, 1.165) is 5.56 Å². The highest BCUT2D eigenvalue weighted by molar-refractivity contribution is 6.31. The van der Waals surface area contributed by atoms with Crippen molar-refractivity contribution in [1.29, 1.82) is 0 Å². The third-order valence-corrected chi connectivity index (χ3v) is 4.84. The number of hydrogen-bond donors (Lipinski definition) is 2. The van der Waals surface area contributed by atoms with Crippen molar-refractivity contribution < 1.29 is 14.3 Å². The number of fused-ring (bicyclic) bond motifs is 1. The molecular weight excluding hydrogens is 394 g/mol. The van der Waals surface area contributed by atoms with Gasteiger partial charge in [0.05, 0.1) is 17.3 Å². The second-order valence-electron chi connectivity index (χ2n) is 6.56. The fourth-order valence-electron chi connectivity index (χ4n) is 2.76. The average Bonchev–Trinajstić information content (AvgIpc) is 2.70. The average molecular weight is 414 g/mol. The molecule has 0 saturated heterocycles. The first kappa shape index (κ1) is 20.5. The lowest BCUT2D eigenvalue weighted by molar-refractivity contribution is -0.153. The van der Waals surface area contributed by atoms with Crippen molar-refractivity contribution in [3.05, 3.63) is 69.2 Å². The summed E-state index contributed by atoms with van der Waals surface area (Å²) < 4.78 is 5.19. The molecule has 0 bridgehead atoms. The zero-order valence-electron chi connectivity index (χ0n) is 16.0. The maximum Gasteiger partial charge on any atom is 0.307 e. The highest BCUT2D eigenvalue weighted by atomic mass is 35.5. The molecule has 1 aromatic heterocycles. The lowest BCUT2D eigenvalue weighted by Crippen LogP contribution is -2.30. The van der Waals surface area contributed by atoms with Gasteiger partial charge in [0.2, 0.25) is 0 Å². The number of esters is 1. The number of carbonyl (C=O) groups is 2. The van der Waals surface area contributed by atoms with Crippen LogP contribution in [0, 0.1) is 6.92 Å². The summed E-state index contributed by atoms with van der Waals surface area (Å²) in [5.41, 5.74) is 1.59. The molecule has 0 aliphatic rings. The lowest BCUT2D eigenvalue weighted by Gasteiger charge is -2.15. The second-order valence-corrected chi connectivity index (χ2v) is 6.97. The molecule has 0 unspecified atom stereocenters. The molecule has 0 saturated carbocycles. The molecule has 2 aromatic carbocycles. The van der Waals surface area contributed by atoms with Crippen molar-refractivity contribution in [3.8, 4) is 0 Å². The first-order valence-corrected chi connectivity index (χ1v) is 9.46. The number of nitrogens with zero attached hydrogens (tertiary/aromatic N) is 1. The largest absolute Gasteiger partial charge is 0.453 e. The van der Waals surface area contributed by atoms with Gasteiger partial charge in [0.15, 0.2) is 6.10 Å². The Labute approximate surface area is 172 Å². The third-order valence-electron chi connectivity index (χ3n) is 4.43. The van der Waals surface area contributed by atoms with Crippen molar-refractivity contribution >= 4 is 40.1 Å². The molecular formula is C21H20ClN3O4. The molecule has 1 heterocycles. The molecule has 1 atom stereocenters. The van der Waals surface area contributed by atoms with Crippen LogP contribution in [0.25, 0.3) is 10.9 Å². The number of rotatable bonds is 6. The molecule has 3 aromatic rings. The number of aromatic amines is 1. The molecule has 150 valence electrons. The molecule has 29 heavy (non-hydrogen) atoms. The Hall–Kier alpha value is -3.19. The first-order chi connectivity index (χ1) is 13.8. The molecule has 0 spiro atoms. The number of aryl methyl sites for hydroxylation is 1. The maximum absolute atomic E-state index is 12.3. The molecule has 0 aliphatic heterocycles. The highest BCUT2D eigenvalue weighted by Gasteiger charge is 2.19. The van der Waals surface area contributed by atoms with Crippen LogP contribution in [0.1, 0.15) is 24.7 Å². The van der Waals surface area contributed by atoms with Gasteiger partial charge >= 0.3 is 5.97 Å². The molecule has 8 heteroatoms. The molecule has 3 rings (SSSR count). The Balaban J connectivity index is 1.57. The minimum atomic E-state index is -0.982. The number of halogens is 1. The smallest absolute Gasteiger partial charge is 0.307 e. The SMILES string of the molecule is Cc1c(Cl)cccc1NC(=O)[C@H](C)OC(=O)CCc1nc2ccccc2c(=O)[nH]1. The summed E-state index contributed by atoms with van der Waals surface area (Å²) in [6, 6.07) is 12.1. The first-order valence-electron chi connectivity index (χ1n) is 9.08. The summed E-state index contributed by atoms with van der Waals surface area (Å²) in [6.07, 6.45) is -0.806. The molecule has 0 fully saturated rings. The Morgan fingerprint density at radius 2 is 1.97 bits per heavy atom. The van der Waals surface area contributed by atoms with Gasteiger partial charge in [0.25, 0.3) is 11.5 Å². The van der Waals surface area contributed by atoms with Gasteiger partial charge in [-0.1, -0.05) is 29.8 Å².